The molecule has 7 N–H and O–H groups in total. The van der Waals surface area contributed by atoms with Crippen molar-refractivity contribution in [3.63, 3.8) is 0 Å². The molecule has 54 heavy (non-hydrogen) atoms. The zero-order valence-corrected chi connectivity index (χ0v) is 34.9. The fourth-order valence-corrected chi connectivity index (χ4v) is 7.52. The Labute approximate surface area is 330 Å². The van der Waals surface area contributed by atoms with E-state index in [9.17, 15) is 35.4 Å². The van der Waals surface area contributed by atoms with Crippen LogP contribution in [-0.4, -0.2) is 98.7 Å². The van der Waals surface area contributed by atoms with E-state index in [2.05, 4.69) is 19.2 Å². The number of nitrogens with one attached hydrogen (secondary N) is 1. The van der Waals surface area contributed by atoms with Crippen molar-refractivity contribution in [3.05, 3.63) is 0 Å². The molecular weight excluding hydrogens is 686 g/mol. The third kappa shape index (κ3) is 25.4. The van der Waals surface area contributed by atoms with E-state index in [0.29, 0.717) is 12.8 Å². The van der Waals surface area contributed by atoms with E-state index in [-0.39, 0.29) is 6.61 Å². The van der Waals surface area contributed by atoms with Crippen molar-refractivity contribution in [3.8, 4) is 0 Å². The van der Waals surface area contributed by atoms with Crippen molar-refractivity contribution in [2.45, 2.75) is 262 Å². The number of hydrogen-bond acceptors (Lipinski definition) is 9. The van der Waals surface area contributed by atoms with E-state index < -0.39 is 61.5 Å². The quantitative estimate of drug-likeness (QED) is 0.0306. The molecule has 0 aromatic heterocycles. The SMILES string of the molecule is CCCCCCCCCCCCCCCCCCCC(O)C(COC1OC(CO)C(O)C(O)C1O)NC(=O)C(O)CCCCCCCCCCCCCC. The Balaban J connectivity index is 2.39. The van der Waals surface area contributed by atoms with Crippen LogP contribution in [0.25, 0.3) is 0 Å². The molecule has 0 spiro atoms. The summed E-state index contributed by atoms with van der Waals surface area (Å²) in [5, 5.41) is 64.7. The van der Waals surface area contributed by atoms with Crippen molar-refractivity contribution in [1.29, 1.82) is 0 Å². The lowest BCUT2D eigenvalue weighted by molar-refractivity contribution is -0.302. The summed E-state index contributed by atoms with van der Waals surface area (Å²) in [6.45, 7) is 3.67. The van der Waals surface area contributed by atoms with Crippen molar-refractivity contribution >= 4 is 5.91 Å². The monoisotopic (exact) mass is 774 g/mol. The minimum atomic E-state index is -1.59. The lowest BCUT2D eigenvalue weighted by Crippen LogP contribution is -2.60. The van der Waals surface area contributed by atoms with Crippen LogP contribution < -0.4 is 5.32 Å². The van der Waals surface area contributed by atoms with Crippen molar-refractivity contribution in [1.82, 2.24) is 5.32 Å². The molecule has 0 aliphatic carbocycles. The number of hydrogen-bond donors (Lipinski definition) is 7. The number of carbonyl (C=O) groups excluding carboxylic acids is 1. The zero-order chi connectivity index (χ0) is 39.7. The van der Waals surface area contributed by atoms with Gasteiger partial charge in [-0.25, -0.2) is 0 Å². The van der Waals surface area contributed by atoms with Crippen molar-refractivity contribution < 1.29 is 44.9 Å². The van der Waals surface area contributed by atoms with Gasteiger partial charge in [0, 0.05) is 0 Å². The number of amides is 1. The van der Waals surface area contributed by atoms with Gasteiger partial charge in [0.25, 0.3) is 0 Å². The Hall–Kier alpha value is -0.850. The molecule has 1 amide bonds. The van der Waals surface area contributed by atoms with E-state index in [4.69, 9.17) is 9.47 Å². The van der Waals surface area contributed by atoms with Gasteiger partial charge in [0.05, 0.1) is 25.4 Å². The van der Waals surface area contributed by atoms with E-state index in [1.54, 1.807) is 0 Å². The summed E-state index contributed by atoms with van der Waals surface area (Å²) in [6.07, 6.45) is 27.2. The van der Waals surface area contributed by atoms with Crippen LogP contribution in [0.4, 0.5) is 0 Å². The van der Waals surface area contributed by atoms with Gasteiger partial charge >= 0.3 is 0 Å². The highest BCUT2D eigenvalue weighted by Gasteiger charge is 2.44. The van der Waals surface area contributed by atoms with Gasteiger partial charge in [-0.1, -0.05) is 200 Å². The largest absolute Gasteiger partial charge is 0.394 e. The van der Waals surface area contributed by atoms with Gasteiger partial charge in [-0.2, -0.15) is 0 Å². The minimum Gasteiger partial charge on any atom is -0.394 e. The van der Waals surface area contributed by atoms with E-state index >= 15 is 0 Å². The summed E-state index contributed by atoms with van der Waals surface area (Å²) in [7, 11) is 0. The van der Waals surface area contributed by atoms with Gasteiger partial charge in [0.2, 0.25) is 5.91 Å². The lowest BCUT2D eigenvalue weighted by Gasteiger charge is -2.40. The first-order valence-corrected chi connectivity index (χ1v) is 22.8. The Morgan fingerprint density at radius 3 is 1.31 bits per heavy atom. The molecule has 0 radical (unpaired) electrons. The predicted molar refractivity (Wildman–Crippen MR) is 218 cm³/mol. The Kier molecular flexibility index (Phi) is 33.5. The molecule has 322 valence electrons. The maximum atomic E-state index is 13.0. The van der Waals surface area contributed by atoms with Crippen LogP contribution in [0.1, 0.15) is 213 Å². The second kappa shape index (κ2) is 35.3. The van der Waals surface area contributed by atoms with Crippen LogP contribution in [0.2, 0.25) is 0 Å². The summed E-state index contributed by atoms with van der Waals surface area (Å²) in [4.78, 5) is 13.0. The first kappa shape index (κ1) is 51.2. The predicted octanol–water partition coefficient (Wildman–Crippen LogP) is 8.14. The van der Waals surface area contributed by atoms with Crippen LogP contribution in [-0.2, 0) is 14.3 Å². The average molecular weight is 774 g/mol. The van der Waals surface area contributed by atoms with Crippen molar-refractivity contribution in [2.75, 3.05) is 13.2 Å². The molecule has 1 rings (SSSR count). The molecule has 10 nitrogen and oxygen atoms in total. The van der Waals surface area contributed by atoms with Crippen LogP contribution in [0.3, 0.4) is 0 Å². The third-order valence-electron chi connectivity index (χ3n) is 11.3. The molecular formula is C44H87NO9. The summed E-state index contributed by atoms with van der Waals surface area (Å²) in [5.74, 6) is -0.582. The van der Waals surface area contributed by atoms with E-state index in [1.165, 1.54) is 148 Å². The molecule has 1 fully saturated rings. The summed E-state index contributed by atoms with van der Waals surface area (Å²) in [5.41, 5.74) is 0. The molecule has 1 heterocycles. The summed E-state index contributed by atoms with van der Waals surface area (Å²) >= 11 is 0. The number of ether oxygens (including phenoxy) is 2. The smallest absolute Gasteiger partial charge is 0.249 e. The van der Waals surface area contributed by atoms with Crippen molar-refractivity contribution in [2.24, 2.45) is 0 Å². The summed E-state index contributed by atoms with van der Waals surface area (Å²) < 4.78 is 11.2. The number of unbranched alkanes of at least 4 members (excludes halogenated alkanes) is 27. The fraction of sp³-hybridized carbons (Fsp3) is 0.977. The summed E-state index contributed by atoms with van der Waals surface area (Å²) in [6, 6.07) is -0.887. The highest BCUT2D eigenvalue weighted by atomic mass is 16.7. The van der Waals surface area contributed by atoms with Crippen LogP contribution >= 0.6 is 0 Å². The topological polar surface area (TPSA) is 169 Å². The first-order valence-electron chi connectivity index (χ1n) is 22.8. The fourth-order valence-electron chi connectivity index (χ4n) is 7.52. The highest BCUT2D eigenvalue weighted by Crippen LogP contribution is 2.23. The second-order valence-electron chi connectivity index (χ2n) is 16.4. The average Bonchev–Trinajstić information content (AvgIpc) is 3.17. The van der Waals surface area contributed by atoms with Gasteiger partial charge in [-0.3, -0.25) is 4.79 Å². The van der Waals surface area contributed by atoms with Gasteiger partial charge in [-0.05, 0) is 12.8 Å². The third-order valence-corrected chi connectivity index (χ3v) is 11.3. The maximum Gasteiger partial charge on any atom is 0.249 e. The van der Waals surface area contributed by atoms with E-state index in [1.807, 2.05) is 0 Å². The zero-order valence-electron chi connectivity index (χ0n) is 34.9. The first-order chi connectivity index (χ1) is 26.3. The van der Waals surface area contributed by atoms with Crippen LogP contribution in [0.15, 0.2) is 0 Å². The molecule has 0 saturated carbocycles. The highest BCUT2D eigenvalue weighted by molar-refractivity contribution is 5.80. The minimum absolute atomic E-state index is 0.250. The number of aliphatic hydroxyl groups is 6. The normalized spacial score (nSPS) is 22.0. The van der Waals surface area contributed by atoms with Gasteiger partial charge < -0.3 is 45.4 Å². The Morgan fingerprint density at radius 1 is 0.556 bits per heavy atom. The standard InChI is InChI=1S/C44H87NO9/c1-3-5-7-9-11-13-15-17-18-19-20-21-23-24-26-28-30-32-37(47)36(35-53-44-42(51)41(50)40(49)39(34-46)54-44)45-43(52)38(48)33-31-29-27-25-22-16-14-12-10-8-6-4-2/h36-42,44,46-51H,3-35H2,1-2H3,(H,45,52). The molecule has 0 aromatic rings. The number of carbonyl (C=O) groups is 1. The van der Waals surface area contributed by atoms with Gasteiger partial charge in [-0.15, -0.1) is 0 Å². The Morgan fingerprint density at radius 2 is 0.926 bits per heavy atom. The van der Waals surface area contributed by atoms with Gasteiger partial charge in [0.1, 0.15) is 30.5 Å². The molecule has 8 unspecified atom stereocenters. The van der Waals surface area contributed by atoms with Crippen LogP contribution in [0.5, 0.6) is 0 Å². The second-order valence-corrected chi connectivity index (χ2v) is 16.4. The molecule has 1 saturated heterocycles. The molecule has 1 aliphatic heterocycles. The molecule has 0 bridgehead atoms. The maximum absolute atomic E-state index is 13.0. The molecule has 8 atom stereocenters. The number of rotatable bonds is 38. The number of aliphatic hydroxyl groups excluding tert-OH is 6. The van der Waals surface area contributed by atoms with E-state index in [0.717, 1.165) is 38.5 Å². The molecule has 0 aromatic carbocycles. The molecule has 1 aliphatic rings. The van der Waals surface area contributed by atoms with Crippen LogP contribution in [0, 0.1) is 0 Å². The molecule has 10 heteroatoms. The lowest BCUT2D eigenvalue weighted by atomic mass is 9.99. The Bertz CT molecular complexity index is 834. The van der Waals surface area contributed by atoms with Gasteiger partial charge in [0.15, 0.2) is 6.29 Å².